The molecule has 1 aliphatic rings. The van der Waals surface area contributed by atoms with Crippen LogP contribution in [0.25, 0.3) is 0 Å². The Morgan fingerprint density at radius 3 is 2.78 bits per heavy atom. The third-order valence-corrected chi connectivity index (χ3v) is 3.75. The summed E-state index contributed by atoms with van der Waals surface area (Å²) in [5, 5.41) is 3.31. The molecule has 1 saturated heterocycles. The van der Waals surface area contributed by atoms with Crippen LogP contribution >= 0.6 is 15.9 Å². The number of hydrogen-bond donors (Lipinski definition) is 1. The lowest BCUT2D eigenvalue weighted by Gasteiger charge is -2.17. The average molecular weight is 311 g/mol. The molecule has 0 bridgehead atoms. The Hall–Kier alpha value is -0.870. The minimum Gasteiger partial charge on any atom is -0.337 e. The highest BCUT2D eigenvalue weighted by Crippen LogP contribution is 2.17. The third-order valence-electron chi connectivity index (χ3n) is 3.22. The molecule has 0 aliphatic carbocycles. The van der Waals surface area contributed by atoms with Gasteiger partial charge in [-0.05, 0) is 37.1 Å². The van der Waals surface area contributed by atoms with E-state index in [0.29, 0.717) is 0 Å². The smallest absolute Gasteiger partial charge is 0.240 e. The van der Waals surface area contributed by atoms with Gasteiger partial charge in [-0.15, -0.1) is 0 Å². The Balaban J connectivity index is 1.91. The molecule has 0 radical (unpaired) electrons. The van der Waals surface area contributed by atoms with Crippen LogP contribution in [0.3, 0.4) is 0 Å². The van der Waals surface area contributed by atoms with E-state index in [4.69, 9.17) is 0 Å². The number of carbonyl (C=O) groups excluding carboxylic acids is 1. The molecule has 1 atom stereocenters. The highest BCUT2D eigenvalue weighted by molar-refractivity contribution is 9.10. The quantitative estimate of drug-likeness (QED) is 0.906. The SMILES string of the molecule is CCCNC1CCN(Cc2ccc(Br)cc2)C1=O. The molecule has 1 N–H and O–H groups in total. The molecule has 1 amide bonds. The lowest BCUT2D eigenvalue weighted by Crippen LogP contribution is -2.38. The fourth-order valence-corrected chi connectivity index (χ4v) is 2.48. The maximum Gasteiger partial charge on any atom is 0.240 e. The van der Waals surface area contributed by atoms with Crippen molar-refractivity contribution in [1.29, 1.82) is 0 Å². The molecule has 98 valence electrons. The Kier molecular flexibility index (Phi) is 4.78. The van der Waals surface area contributed by atoms with Gasteiger partial charge in [0.2, 0.25) is 5.91 Å². The molecule has 1 aromatic carbocycles. The van der Waals surface area contributed by atoms with Crippen molar-refractivity contribution in [2.24, 2.45) is 0 Å². The highest BCUT2D eigenvalue weighted by atomic mass is 79.9. The zero-order valence-corrected chi connectivity index (χ0v) is 12.2. The van der Waals surface area contributed by atoms with Crippen LogP contribution in [0.15, 0.2) is 28.7 Å². The number of carbonyl (C=O) groups is 1. The zero-order chi connectivity index (χ0) is 13.0. The van der Waals surface area contributed by atoms with Gasteiger partial charge in [-0.3, -0.25) is 4.79 Å². The van der Waals surface area contributed by atoms with Crippen LogP contribution in [0.4, 0.5) is 0 Å². The summed E-state index contributed by atoms with van der Waals surface area (Å²) in [7, 11) is 0. The normalized spacial score (nSPS) is 19.6. The molecule has 2 rings (SSSR count). The first-order valence-corrected chi connectivity index (χ1v) is 7.26. The van der Waals surface area contributed by atoms with Crippen LogP contribution < -0.4 is 5.32 Å². The summed E-state index contributed by atoms with van der Waals surface area (Å²) in [6.45, 7) is 4.61. The molecule has 1 unspecified atom stereocenters. The van der Waals surface area contributed by atoms with E-state index >= 15 is 0 Å². The molecule has 0 saturated carbocycles. The van der Waals surface area contributed by atoms with E-state index in [9.17, 15) is 4.79 Å². The molecule has 1 aromatic rings. The van der Waals surface area contributed by atoms with Crippen LogP contribution in [0.1, 0.15) is 25.3 Å². The number of hydrogen-bond acceptors (Lipinski definition) is 2. The fourth-order valence-electron chi connectivity index (χ4n) is 2.21. The number of nitrogens with zero attached hydrogens (tertiary/aromatic N) is 1. The van der Waals surface area contributed by atoms with Crippen molar-refractivity contribution in [2.45, 2.75) is 32.4 Å². The Morgan fingerprint density at radius 1 is 1.39 bits per heavy atom. The summed E-state index contributed by atoms with van der Waals surface area (Å²) in [4.78, 5) is 14.1. The van der Waals surface area contributed by atoms with Crippen LogP contribution in [0.2, 0.25) is 0 Å². The second kappa shape index (κ2) is 6.34. The molecule has 1 heterocycles. The fraction of sp³-hybridized carbons (Fsp3) is 0.500. The number of nitrogens with one attached hydrogen (secondary N) is 1. The molecule has 0 aromatic heterocycles. The van der Waals surface area contributed by atoms with Crippen molar-refractivity contribution < 1.29 is 4.79 Å². The number of benzene rings is 1. The summed E-state index contributed by atoms with van der Waals surface area (Å²) in [6.07, 6.45) is 1.99. The van der Waals surface area contributed by atoms with E-state index < -0.39 is 0 Å². The van der Waals surface area contributed by atoms with Gasteiger partial charge in [-0.1, -0.05) is 35.0 Å². The predicted molar refractivity (Wildman–Crippen MR) is 76.3 cm³/mol. The second-order valence-corrected chi connectivity index (χ2v) is 5.60. The molecule has 0 spiro atoms. The molecule has 18 heavy (non-hydrogen) atoms. The predicted octanol–water partition coefficient (Wildman–Crippen LogP) is 2.55. The van der Waals surface area contributed by atoms with Crippen molar-refractivity contribution in [3.05, 3.63) is 34.3 Å². The summed E-state index contributed by atoms with van der Waals surface area (Å²) in [5.41, 5.74) is 1.18. The standard InChI is InChI=1S/C14H19BrN2O/c1-2-8-16-13-7-9-17(14(13)18)10-11-3-5-12(15)6-4-11/h3-6,13,16H,2,7-10H2,1H3. The zero-order valence-electron chi connectivity index (χ0n) is 10.7. The van der Waals surface area contributed by atoms with Gasteiger partial charge in [-0.25, -0.2) is 0 Å². The lowest BCUT2D eigenvalue weighted by molar-refractivity contribution is -0.129. The van der Waals surface area contributed by atoms with Gasteiger partial charge in [0, 0.05) is 17.6 Å². The number of rotatable bonds is 5. The first-order valence-electron chi connectivity index (χ1n) is 6.47. The molecule has 1 aliphatic heterocycles. The van der Waals surface area contributed by atoms with Crippen LogP contribution in [-0.2, 0) is 11.3 Å². The molecule has 4 heteroatoms. The molecule has 3 nitrogen and oxygen atoms in total. The Bertz CT molecular complexity index is 405. The van der Waals surface area contributed by atoms with Gasteiger partial charge in [0.15, 0.2) is 0 Å². The van der Waals surface area contributed by atoms with E-state index in [0.717, 1.165) is 36.9 Å². The monoisotopic (exact) mass is 310 g/mol. The van der Waals surface area contributed by atoms with E-state index in [-0.39, 0.29) is 11.9 Å². The van der Waals surface area contributed by atoms with Gasteiger partial charge in [0.05, 0.1) is 6.04 Å². The van der Waals surface area contributed by atoms with Gasteiger partial charge in [0.1, 0.15) is 0 Å². The highest BCUT2D eigenvalue weighted by Gasteiger charge is 2.30. The minimum absolute atomic E-state index is 0.0281. The van der Waals surface area contributed by atoms with Gasteiger partial charge >= 0.3 is 0 Å². The maximum absolute atomic E-state index is 12.1. The molecule has 1 fully saturated rings. The third kappa shape index (κ3) is 3.33. The van der Waals surface area contributed by atoms with E-state index in [1.54, 1.807) is 0 Å². The van der Waals surface area contributed by atoms with Crippen molar-refractivity contribution in [3.63, 3.8) is 0 Å². The van der Waals surface area contributed by atoms with Crippen molar-refractivity contribution in [1.82, 2.24) is 10.2 Å². The number of halogens is 1. The van der Waals surface area contributed by atoms with Crippen molar-refractivity contribution >= 4 is 21.8 Å². The average Bonchev–Trinajstić information content (AvgIpc) is 2.71. The lowest BCUT2D eigenvalue weighted by atomic mass is 10.2. The van der Waals surface area contributed by atoms with Gasteiger partial charge in [0.25, 0.3) is 0 Å². The molecular weight excluding hydrogens is 292 g/mol. The Labute approximate surface area is 117 Å². The van der Waals surface area contributed by atoms with E-state index in [1.165, 1.54) is 5.56 Å². The van der Waals surface area contributed by atoms with Crippen LogP contribution in [-0.4, -0.2) is 29.9 Å². The number of amides is 1. The van der Waals surface area contributed by atoms with Crippen LogP contribution in [0, 0.1) is 0 Å². The van der Waals surface area contributed by atoms with Crippen molar-refractivity contribution in [3.8, 4) is 0 Å². The van der Waals surface area contributed by atoms with Crippen LogP contribution in [0.5, 0.6) is 0 Å². The van der Waals surface area contributed by atoms with Gasteiger partial charge in [-0.2, -0.15) is 0 Å². The summed E-state index contributed by atoms with van der Waals surface area (Å²) < 4.78 is 1.07. The summed E-state index contributed by atoms with van der Waals surface area (Å²) in [5.74, 6) is 0.242. The Morgan fingerprint density at radius 2 is 2.11 bits per heavy atom. The summed E-state index contributed by atoms with van der Waals surface area (Å²) >= 11 is 3.42. The second-order valence-electron chi connectivity index (χ2n) is 4.68. The van der Waals surface area contributed by atoms with Crippen molar-refractivity contribution in [2.75, 3.05) is 13.1 Å². The first kappa shape index (κ1) is 13.6. The maximum atomic E-state index is 12.1. The largest absolute Gasteiger partial charge is 0.337 e. The summed E-state index contributed by atoms with van der Waals surface area (Å²) in [6, 6.07) is 8.18. The molecular formula is C14H19BrN2O. The first-order chi connectivity index (χ1) is 8.70. The minimum atomic E-state index is 0.0281. The van der Waals surface area contributed by atoms with Gasteiger partial charge < -0.3 is 10.2 Å². The van der Waals surface area contributed by atoms with E-state index in [1.807, 2.05) is 17.0 Å². The topological polar surface area (TPSA) is 32.3 Å². The van der Waals surface area contributed by atoms with E-state index in [2.05, 4.69) is 40.3 Å². The number of likely N-dealkylation sites (tertiary alicyclic amines) is 1.